The van der Waals surface area contributed by atoms with Gasteiger partial charge in [0.25, 0.3) is 0 Å². The second-order valence-electron chi connectivity index (χ2n) is 25.9. The minimum atomic E-state index is -4.95. The number of unbranched alkanes of at least 4 members (excludes halogenated alkanes) is 38. The maximum Gasteiger partial charge on any atom is 0.472 e. The van der Waals surface area contributed by atoms with Gasteiger partial charge in [0.1, 0.15) is 19.3 Å². The zero-order valence-electron chi connectivity index (χ0n) is 57.0. The maximum absolute atomic E-state index is 13.0. The van der Waals surface area contributed by atoms with E-state index in [1.165, 1.54) is 161 Å². The summed E-state index contributed by atoms with van der Waals surface area (Å²) in [7, 11) is -9.89. The van der Waals surface area contributed by atoms with E-state index in [9.17, 15) is 43.2 Å². The molecule has 0 saturated carbocycles. The van der Waals surface area contributed by atoms with Crippen molar-refractivity contribution in [1.82, 2.24) is 0 Å². The lowest BCUT2D eigenvalue weighted by Gasteiger charge is -2.21. The minimum absolute atomic E-state index is 0.105. The van der Waals surface area contributed by atoms with Crippen LogP contribution in [0.4, 0.5) is 0 Å². The Morgan fingerprint density at radius 1 is 0.307 bits per heavy atom. The number of esters is 4. The first kappa shape index (κ1) is 86.1. The summed E-state index contributed by atoms with van der Waals surface area (Å²) in [5, 5.41) is 10.6. The molecule has 0 bridgehead atoms. The molecule has 3 N–H and O–H groups in total. The Kier molecular flexibility index (Phi) is 59.9. The van der Waals surface area contributed by atoms with Gasteiger partial charge in [-0.1, -0.05) is 298 Å². The monoisotopic (exact) mass is 1300 g/mol. The molecule has 0 aliphatic carbocycles. The minimum Gasteiger partial charge on any atom is -0.462 e. The second kappa shape index (κ2) is 61.3. The van der Waals surface area contributed by atoms with E-state index in [1.807, 2.05) is 0 Å². The van der Waals surface area contributed by atoms with E-state index in [1.54, 1.807) is 0 Å². The lowest BCUT2D eigenvalue weighted by atomic mass is 10.0. The second-order valence-corrected chi connectivity index (χ2v) is 28.8. The lowest BCUT2D eigenvalue weighted by Crippen LogP contribution is -2.30. The van der Waals surface area contributed by atoms with Crippen molar-refractivity contribution in [2.45, 2.75) is 368 Å². The number of carbonyl (C=O) groups is 4. The fraction of sp³-hybridized carbons (Fsp3) is 0.942. The number of phosphoric acid groups is 2. The normalized spacial score (nSPS) is 14.2. The summed E-state index contributed by atoms with van der Waals surface area (Å²) >= 11 is 0. The summed E-state index contributed by atoms with van der Waals surface area (Å²) in [5.74, 6) is -0.612. The molecule has 0 rings (SSSR count). The van der Waals surface area contributed by atoms with Gasteiger partial charge in [-0.25, -0.2) is 9.13 Å². The number of phosphoric ester groups is 2. The molecule has 0 aromatic rings. The topological polar surface area (TPSA) is 237 Å². The molecular weight excluding hydrogens is 1160 g/mol. The maximum atomic E-state index is 13.0. The van der Waals surface area contributed by atoms with Crippen molar-refractivity contribution in [3.8, 4) is 0 Å². The number of rotatable bonds is 68. The van der Waals surface area contributed by atoms with Crippen LogP contribution < -0.4 is 0 Å². The van der Waals surface area contributed by atoms with Crippen LogP contribution in [-0.2, 0) is 65.4 Å². The molecule has 5 atom stereocenters. The smallest absolute Gasteiger partial charge is 0.462 e. The van der Waals surface area contributed by atoms with Crippen LogP contribution in [0.5, 0.6) is 0 Å². The Hall–Kier alpha value is -1.94. The highest BCUT2D eigenvalue weighted by Gasteiger charge is 2.30. The summed E-state index contributed by atoms with van der Waals surface area (Å²) in [4.78, 5) is 72.2. The molecule has 0 aliphatic rings. The first-order valence-corrected chi connectivity index (χ1v) is 39.0. The van der Waals surface area contributed by atoms with Gasteiger partial charge < -0.3 is 33.8 Å². The van der Waals surface area contributed by atoms with E-state index < -0.39 is 97.5 Å². The zero-order chi connectivity index (χ0) is 65.0. The summed E-state index contributed by atoms with van der Waals surface area (Å²) in [6.07, 6.45) is 46.1. The average Bonchev–Trinajstić information content (AvgIpc) is 3.66. The first-order valence-electron chi connectivity index (χ1n) is 36.0. The van der Waals surface area contributed by atoms with E-state index in [0.29, 0.717) is 25.7 Å². The number of aliphatic hydroxyl groups excluding tert-OH is 1. The van der Waals surface area contributed by atoms with Gasteiger partial charge in [0, 0.05) is 25.7 Å². The van der Waals surface area contributed by atoms with E-state index in [2.05, 4.69) is 41.5 Å². The van der Waals surface area contributed by atoms with Crippen molar-refractivity contribution in [2.75, 3.05) is 39.6 Å². The van der Waals surface area contributed by atoms with Crippen molar-refractivity contribution < 1.29 is 80.2 Å². The molecule has 0 radical (unpaired) electrons. The molecule has 0 amide bonds. The van der Waals surface area contributed by atoms with Crippen molar-refractivity contribution in [2.24, 2.45) is 11.8 Å². The summed E-state index contributed by atoms with van der Waals surface area (Å²) < 4.78 is 68.1. The fourth-order valence-electron chi connectivity index (χ4n) is 10.4. The third-order valence-electron chi connectivity index (χ3n) is 16.0. The van der Waals surface area contributed by atoms with E-state index in [4.69, 9.17) is 37.0 Å². The molecule has 0 heterocycles. The molecule has 0 saturated heterocycles. The number of hydrogen-bond acceptors (Lipinski definition) is 15. The Bertz CT molecular complexity index is 1720. The molecule has 88 heavy (non-hydrogen) atoms. The highest BCUT2D eigenvalue weighted by atomic mass is 31.2. The van der Waals surface area contributed by atoms with E-state index >= 15 is 0 Å². The highest BCUT2D eigenvalue weighted by Crippen LogP contribution is 2.45. The quantitative estimate of drug-likeness (QED) is 0.0222. The van der Waals surface area contributed by atoms with Gasteiger partial charge in [-0.15, -0.1) is 0 Å². The highest BCUT2D eigenvalue weighted by molar-refractivity contribution is 7.47. The van der Waals surface area contributed by atoms with Gasteiger partial charge in [0.2, 0.25) is 0 Å². The molecule has 0 aliphatic heterocycles. The van der Waals surface area contributed by atoms with Crippen LogP contribution in [0.15, 0.2) is 0 Å². The molecule has 0 aromatic heterocycles. The SMILES string of the molecule is CCCCCCCCCCCCCCCCCCC(=O)O[C@H](COC(=O)CCCCCCCCCCCCCC(C)C)COP(=O)(O)OC[C@@H](O)COP(=O)(O)OC[C@@H](COC(=O)CCCCCCC)OC(=O)CCCCCCCCCCCCC(C)C. The van der Waals surface area contributed by atoms with Crippen molar-refractivity contribution in [1.29, 1.82) is 0 Å². The Labute approximate surface area is 537 Å². The third kappa shape index (κ3) is 62.8. The van der Waals surface area contributed by atoms with Gasteiger partial charge in [-0.05, 0) is 37.5 Å². The van der Waals surface area contributed by atoms with Gasteiger partial charge >= 0.3 is 39.5 Å². The summed E-state index contributed by atoms with van der Waals surface area (Å²) in [6.45, 7) is 9.45. The summed E-state index contributed by atoms with van der Waals surface area (Å²) in [6, 6.07) is 0. The predicted molar refractivity (Wildman–Crippen MR) is 354 cm³/mol. The molecule has 0 aromatic carbocycles. The van der Waals surface area contributed by atoms with Gasteiger partial charge in [0.05, 0.1) is 26.4 Å². The Morgan fingerprint density at radius 3 is 0.773 bits per heavy atom. The first-order chi connectivity index (χ1) is 42.4. The third-order valence-corrected chi connectivity index (χ3v) is 17.9. The van der Waals surface area contributed by atoms with Crippen LogP contribution in [0.25, 0.3) is 0 Å². The van der Waals surface area contributed by atoms with Gasteiger partial charge in [0.15, 0.2) is 12.2 Å². The van der Waals surface area contributed by atoms with E-state index in [0.717, 1.165) is 108 Å². The van der Waals surface area contributed by atoms with Crippen LogP contribution in [0.1, 0.15) is 350 Å². The lowest BCUT2D eigenvalue weighted by molar-refractivity contribution is -0.161. The Balaban J connectivity index is 5.17. The van der Waals surface area contributed by atoms with Crippen LogP contribution in [-0.4, -0.2) is 96.7 Å². The van der Waals surface area contributed by atoms with Crippen LogP contribution in [0.2, 0.25) is 0 Å². The fourth-order valence-corrected chi connectivity index (χ4v) is 12.0. The van der Waals surface area contributed by atoms with E-state index in [-0.39, 0.29) is 25.7 Å². The largest absolute Gasteiger partial charge is 0.472 e. The number of hydrogen-bond donors (Lipinski definition) is 3. The zero-order valence-corrected chi connectivity index (χ0v) is 58.8. The number of aliphatic hydroxyl groups is 1. The van der Waals surface area contributed by atoms with Crippen LogP contribution in [0, 0.1) is 11.8 Å². The van der Waals surface area contributed by atoms with Crippen LogP contribution in [0.3, 0.4) is 0 Å². The average molecular weight is 1300 g/mol. The number of ether oxygens (including phenoxy) is 4. The molecule has 17 nitrogen and oxygen atoms in total. The molecule has 0 fully saturated rings. The molecule has 2 unspecified atom stereocenters. The van der Waals surface area contributed by atoms with Crippen LogP contribution >= 0.6 is 15.6 Å². The molecule has 522 valence electrons. The van der Waals surface area contributed by atoms with Gasteiger partial charge in [-0.3, -0.25) is 37.3 Å². The molecule has 19 heteroatoms. The Morgan fingerprint density at radius 2 is 0.523 bits per heavy atom. The molecular formula is C69H134O17P2. The van der Waals surface area contributed by atoms with Crippen molar-refractivity contribution >= 4 is 39.5 Å². The van der Waals surface area contributed by atoms with Crippen molar-refractivity contribution in [3.05, 3.63) is 0 Å². The predicted octanol–water partition coefficient (Wildman–Crippen LogP) is 19.6. The van der Waals surface area contributed by atoms with Crippen molar-refractivity contribution in [3.63, 3.8) is 0 Å². The molecule has 0 spiro atoms. The summed E-state index contributed by atoms with van der Waals surface area (Å²) in [5.41, 5.74) is 0. The van der Waals surface area contributed by atoms with Gasteiger partial charge in [-0.2, -0.15) is 0 Å². The number of carbonyl (C=O) groups excluding carboxylic acids is 4. The standard InChI is InChI=1S/C69H134O17P2/c1-7-9-11-13-14-15-16-17-18-19-20-23-30-35-41-47-53-69(74)86-65(58-80-67(72)52-46-40-34-29-24-21-22-27-32-38-43-49-61(3)4)60-84-88(77,78)82-56-63(70)55-81-87(75,76)83-59-64(57-79-66(71)51-45-37-12-10-8-2)85-68(73)54-48-42-36-31-26-25-28-33-39-44-50-62(5)6/h61-65,70H,7-60H2,1-6H3,(H,75,76)(H,77,78)/t63-,64+,65+/m0/s1.